The minimum atomic E-state index is -3.36. The number of nitrogens with one attached hydrogen (secondary N) is 1. The number of aromatic nitrogens is 2. The summed E-state index contributed by atoms with van der Waals surface area (Å²) < 4.78 is 32.1. The molecule has 1 amide bonds. The number of aryl methyl sites for hydroxylation is 1. The third kappa shape index (κ3) is 5.79. The minimum Gasteiger partial charge on any atom is -0.455 e. The SMILES string of the molecule is CCS(=O)(=O)c1cccc(CC(=O)Nc2ccc(-n3ccc(C)n3)c(Oc3cccc(C#N)c3)c2)c1. The number of amides is 1. The van der Waals surface area contributed by atoms with Gasteiger partial charge in [-0.15, -0.1) is 0 Å². The molecule has 0 aliphatic carbocycles. The van der Waals surface area contributed by atoms with Gasteiger partial charge in [-0.3, -0.25) is 4.79 Å². The largest absolute Gasteiger partial charge is 0.455 e. The topological polar surface area (TPSA) is 114 Å². The first-order valence-corrected chi connectivity index (χ1v) is 12.9. The Bertz CT molecular complexity index is 1570. The van der Waals surface area contributed by atoms with Gasteiger partial charge in [0, 0.05) is 18.0 Å². The number of sulfone groups is 1. The van der Waals surface area contributed by atoms with E-state index in [2.05, 4.69) is 16.5 Å². The molecule has 0 spiro atoms. The van der Waals surface area contributed by atoms with Gasteiger partial charge in [-0.25, -0.2) is 13.1 Å². The molecule has 0 saturated carbocycles. The van der Waals surface area contributed by atoms with Gasteiger partial charge in [-0.05, 0) is 61.0 Å². The van der Waals surface area contributed by atoms with Crippen LogP contribution in [0.15, 0.2) is 83.9 Å². The lowest BCUT2D eigenvalue weighted by Gasteiger charge is -2.14. The monoisotopic (exact) mass is 500 g/mol. The summed E-state index contributed by atoms with van der Waals surface area (Å²) in [5.41, 5.74) is 3.03. The van der Waals surface area contributed by atoms with Crippen molar-refractivity contribution in [3.63, 3.8) is 0 Å². The Morgan fingerprint density at radius 1 is 1.08 bits per heavy atom. The summed E-state index contributed by atoms with van der Waals surface area (Å²) in [7, 11) is -3.36. The molecule has 0 aliphatic heterocycles. The number of ether oxygens (including phenoxy) is 1. The van der Waals surface area contributed by atoms with Crippen LogP contribution in [0.3, 0.4) is 0 Å². The summed E-state index contributed by atoms with van der Waals surface area (Å²) in [6, 6.07) is 22.3. The molecule has 0 saturated heterocycles. The maximum absolute atomic E-state index is 12.8. The van der Waals surface area contributed by atoms with Gasteiger partial charge in [0.15, 0.2) is 15.6 Å². The van der Waals surface area contributed by atoms with Crippen LogP contribution in [0.4, 0.5) is 5.69 Å². The second-order valence-electron chi connectivity index (χ2n) is 8.10. The van der Waals surface area contributed by atoms with Crippen molar-refractivity contribution in [1.82, 2.24) is 9.78 Å². The van der Waals surface area contributed by atoms with Crippen LogP contribution in [-0.2, 0) is 21.1 Å². The van der Waals surface area contributed by atoms with E-state index in [-0.39, 0.29) is 23.0 Å². The first kappa shape index (κ1) is 24.7. The Labute approximate surface area is 209 Å². The number of nitriles is 1. The smallest absolute Gasteiger partial charge is 0.228 e. The van der Waals surface area contributed by atoms with Crippen molar-refractivity contribution in [1.29, 1.82) is 5.26 Å². The second kappa shape index (κ2) is 10.5. The fourth-order valence-corrected chi connectivity index (χ4v) is 4.52. The van der Waals surface area contributed by atoms with E-state index in [1.807, 2.05) is 13.0 Å². The Hall–Kier alpha value is -4.42. The van der Waals surface area contributed by atoms with Crippen LogP contribution < -0.4 is 10.1 Å². The van der Waals surface area contributed by atoms with Crippen molar-refractivity contribution in [2.24, 2.45) is 0 Å². The fraction of sp³-hybridized carbons (Fsp3) is 0.148. The lowest BCUT2D eigenvalue weighted by molar-refractivity contribution is -0.115. The summed E-state index contributed by atoms with van der Waals surface area (Å²) in [6.45, 7) is 3.46. The second-order valence-corrected chi connectivity index (χ2v) is 10.4. The van der Waals surface area contributed by atoms with Crippen molar-refractivity contribution in [3.8, 4) is 23.3 Å². The molecule has 8 nitrogen and oxygen atoms in total. The van der Waals surface area contributed by atoms with Crippen LogP contribution >= 0.6 is 0 Å². The zero-order valence-electron chi connectivity index (χ0n) is 19.8. The fourth-order valence-electron chi connectivity index (χ4n) is 3.57. The van der Waals surface area contributed by atoms with E-state index in [4.69, 9.17) is 4.74 Å². The van der Waals surface area contributed by atoms with Gasteiger partial charge in [-0.1, -0.05) is 25.1 Å². The number of carbonyl (C=O) groups is 1. The highest BCUT2D eigenvalue weighted by atomic mass is 32.2. The number of hydrogen-bond acceptors (Lipinski definition) is 6. The number of anilines is 1. The van der Waals surface area contributed by atoms with Crippen LogP contribution in [0.25, 0.3) is 5.69 Å². The van der Waals surface area contributed by atoms with Gasteiger partial charge < -0.3 is 10.1 Å². The van der Waals surface area contributed by atoms with E-state index >= 15 is 0 Å². The van der Waals surface area contributed by atoms with Gasteiger partial charge in [0.05, 0.1) is 34.4 Å². The molecule has 0 radical (unpaired) electrons. The summed E-state index contributed by atoms with van der Waals surface area (Å²) in [4.78, 5) is 13.0. The van der Waals surface area contributed by atoms with Gasteiger partial charge in [0.1, 0.15) is 11.4 Å². The van der Waals surface area contributed by atoms with Gasteiger partial charge in [0.25, 0.3) is 0 Å². The van der Waals surface area contributed by atoms with Gasteiger partial charge in [-0.2, -0.15) is 10.4 Å². The molecule has 36 heavy (non-hydrogen) atoms. The van der Waals surface area contributed by atoms with Crippen molar-refractivity contribution >= 4 is 21.4 Å². The Balaban J connectivity index is 1.59. The molecule has 3 aromatic carbocycles. The van der Waals surface area contributed by atoms with E-state index in [1.54, 1.807) is 72.4 Å². The van der Waals surface area contributed by atoms with Crippen molar-refractivity contribution in [2.45, 2.75) is 25.2 Å². The highest BCUT2D eigenvalue weighted by Crippen LogP contribution is 2.31. The molecule has 1 heterocycles. The molecule has 0 bridgehead atoms. The lowest BCUT2D eigenvalue weighted by Crippen LogP contribution is -2.15. The Kier molecular flexibility index (Phi) is 7.17. The zero-order valence-corrected chi connectivity index (χ0v) is 20.6. The van der Waals surface area contributed by atoms with Crippen LogP contribution in [0.1, 0.15) is 23.7 Å². The van der Waals surface area contributed by atoms with Crippen LogP contribution in [0.5, 0.6) is 11.5 Å². The number of nitrogens with zero attached hydrogens (tertiary/aromatic N) is 3. The Morgan fingerprint density at radius 2 is 1.89 bits per heavy atom. The third-order valence-corrected chi connectivity index (χ3v) is 7.14. The summed E-state index contributed by atoms with van der Waals surface area (Å²) in [5.74, 6) is 0.588. The molecule has 4 rings (SSSR count). The first-order chi connectivity index (χ1) is 17.3. The van der Waals surface area contributed by atoms with Crippen molar-refractivity contribution in [2.75, 3.05) is 11.1 Å². The highest BCUT2D eigenvalue weighted by Gasteiger charge is 2.15. The average molecular weight is 501 g/mol. The molecule has 1 N–H and O–H groups in total. The summed E-state index contributed by atoms with van der Waals surface area (Å²) in [6.07, 6.45) is 1.81. The molecule has 4 aromatic rings. The highest BCUT2D eigenvalue weighted by molar-refractivity contribution is 7.91. The Morgan fingerprint density at radius 3 is 2.61 bits per heavy atom. The maximum atomic E-state index is 12.8. The van der Waals surface area contributed by atoms with Crippen LogP contribution in [0, 0.1) is 18.3 Å². The van der Waals surface area contributed by atoms with Gasteiger partial charge >= 0.3 is 0 Å². The first-order valence-electron chi connectivity index (χ1n) is 11.2. The standard InChI is InChI=1S/C27H24N4O4S/c1-3-36(33,34)24-9-5-6-20(15-24)16-27(32)29-22-10-11-25(31-13-12-19(2)30-31)26(17-22)35-23-8-4-7-21(14-23)18-28/h4-15,17H,3,16H2,1-2H3,(H,29,32). The van der Waals surface area contributed by atoms with Gasteiger partial charge in [0.2, 0.25) is 5.91 Å². The molecule has 1 aromatic heterocycles. The van der Waals surface area contributed by atoms with E-state index < -0.39 is 9.84 Å². The van der Waals surface area contributed by atoms with E-state index in [9.17, 15) is 18.5 Å². The number of carbonyl (C=O) groups excluding carboxylic acids is 1. The van der Waals surface area contributed by atoms with Crippen molar-refractivity contribution in [3.05, 3.63) is 95.8 Å². The van der Waals surface area contributed by atoms with E-state index in [0.717, 1.165) is 5.69 Å². The maximum Gasteiger partial charge on any atom is 0.228 e. The number of hydrogen-bond donors (Lipinski definition) is 1. The van der Waals surface area contributed by atoms with Crippen LogP contribution in [-0.4, -0.2) is 29.9 Å². The molecule has 182 valence electrons. The quantitative estimate of drug-likeness (QED) is 0.371. The van der Waals surface area contributed by atoms with Crippen molar-refractivity contribution < 1.29 is 17.9 Å². The molecule has 0 atom stereocenters. The average Bonchev–Trinajstić information content (AvgIpc) is 3.30. The molecule has 0 aliphatic rings. The molecular weight excluding hydrogens is 476 g/mol. The summed E-state index contributed by atoms with van der Waals surface area (Å²) in [5, 5.41) is 16.5. The molecule has 9 heteroatoms. The predicted octanol–water partition coefficient (Wildman–Crippen LogP) is 4.82. The summed E-state index contributed by atoms with van der Waals surface area (Å²) >= 11 is 0. The predicted molar refractivity (Wildman–Crippen MR) is 136 cm³/mol. The number of rotatable bonds is 8. The molecular formula is C27H24N4O4S. The van der Waals surface area contributed by atoms with E-state index in [1.165, 1.54) is 12.1 Å². The molecule has 0 unspecified atom stereocenters. The third-order valence-electron chi connectivity index (χ3n) is 5.41. The zero-order chi connectivity index (χ0) is 25.7. The van der Waals surface area contributed by atoms with Crippen LogP contribution in [0.2, 0.25) is 0 Å². The lowest BCUT2D eigenvalue weighted by atomic mass is 10.1. The minimum absolute atomic E-state index is 0.00752. The number of benzene rings is 3. The normalized spacial score (nSPS) is 11.0. The molecule has 0 fully saturated rings. The van der Waals surface area contributed by atoms with E-state index in [0.29, 0.717) is 34.0 Å².